The van der Waals surface area contributed by atoms with E-state index in [0.717, 1.165) is 65.3 Å². The summed E-state index contributed by atoms with van der Waals surface area (Å²) in [5.41, 5.74) is 0.307. The molecule has 3 fully saturated rings. The van der Waals surface area contributed by atoms with Crippen LogP contribution in [0.1, 0.15) is 39.0 Å². The number of nitrogens with zero attached hydrogens (tertiary/aromatic N) is 3. The van der Waals surface area contributed by atoms with Gasteiger partial charge in [-0.3, -0.25) is 14.6 Å². The van der Waals surface area contributed by atoms with Gasteiger partial charge >= 0.3 is 0 Å². The summed E-state index contributed by atoms with van der Waals surface area (Å²) < 4.78 is 5.51. The van der Waals surface area contributed by atoms with E-state index in [1.807, 2.05) is 0 Å². The van der Waals surface area contributed by atoms with Gasteiger partial charge < -0.3 is 9.64 Å². The second-order valence-electron chi connectivity index (χ2n) is 7.31. The Bertz CT molecular complexity index is 368. The molecule has 22 heavy (non-hydrogen) atoms. The molecular weight excluding hydrogens is 278 g/mol. The van der Waals surface area contributed by atoms with Crippen molar-refractivity contribution in [2.75, 3.05) is 59.0 Å². The van der Waals surface area contributed by atoms with Gasteiger partial charge in [0.05, 0.1) is 6.54 Å². The summed E-state index contributed by atoms with van der Waals surface area (Å²) in [7, 11) is 0. The zero-order chi connectivity index (χ0) is 15.4. The van der Waals surface area contributed by atoms with Crippen molar-refractivity contribution >= 4 is 5.91 Å². The number of hydrogen-bond donors (Lipinski definition) is 0. The van der Waals surface area contributed by atoms with Crippen LogP contribution in [-0.4, -0.2) is 85.2 Å². The molecule has 5 nitrogen and oxygen atoms in total. The Morgan fingerprint density at radius 2 is 1.59 bits per heavy atom. The molecule has 0 saturated carbocycles. The number of likely N-dealkylation sites (tertiary alicyclic amines) is 1. The van der Waals surface area contributed by atoms with Crippen LogP contribution in [0.3, 0.4) is 0 Å². The fourth-order valence-electron chi connectivity index (χ4n) is 4.01. The van der Waals surface area contributed by atoms with Crippen LogP contribution >= 0.6 is 0 Å². The molecule has 0 spiro atoms. The minimum absolute atomic E-state index is 0.307. The van der Waals surface area contributed by atoms with Gasteiger partial charge in [-0.1, -0.05) is 0 Å². The number of ether oxygens (including phenoxy) is 1. The quantitative estimate of drug-likeness (QED) is 0.784. The van der Waals surface area contributed by atoms with E-state index in [1.54, 1.807) is 0 Å². The molecule has 0 bridgehead atoms. The van der Waals surface area contributed by atoms with Gasteiger partial charge in [-0.05, 0) is 39.0 Å². The van der Waals surface area contributed by atoms with Crippen molar-refractivity contribution in [3.63, 3.8) is 0 Å². The van der Waals surface area contributed by atoms with E-state index >= 15 is 0 Å². The first-order valence-corrected chi connectivity index (χ1v) is 9.00. The normalized spacial score (nSPS) is 27.8. The van der Waals surface area contributed by atoms with Gasteiger partial charge in [0.15, 0.2) is 0 Å². The monoisotopic (exact) mass is 309 g/mol. The van der Waals surface area contributed by atoms with Gasteiger partial charge in [-0.25, -0.2) is 0 Å². The fraction of sp³-hybridized carbons (Fsp3) is 0.941. The topological polar surface area (TPSA) is 36.0 Å². The summed E-state index contributed by atoms with van der Waals surface area (Å²) in [4.78, 5) is 19.4. The van der Waals surface area contributed by atoms with Crippen molar-refractivity contribution < 1.29 is 9.53 Å². The summed E-state index contributed by atoms with van der Waals surface area (Å²) in [5.74, 6) is 0.338. The predicted molar refractivity (Wildman–Crippen MR) is 86.9 cm³/mol. The number of carbonyl (C=O) groups excluding carboxylic acids is 1. The van der Waals surface area contributed by atoms with Crippen LogP contribution in [0.4, 0.5) is 0 Å². The van der Waals surface area contributed by atoms with Crippen LogP contribution < -0.4 is 0 Å². The van der Waals surface area contributed by atoms with Gasteiger partial charge in [0.2, 0.25) is 5.91 Å². The number of carbonyl (C=O) groups is 1. The Morgan fingerprint density at radius 3 is 2.23 bits per heavy atom. The van der Waals surface area contributed by atoms with E-state index in [1.165, 1.54) is 19.3 Å². The molecule has 1 amide bonds. The van der Waals surface area contributed by atoms with Crippen molar-refractivity contribution in [3.8, 4) is 0 Å². The Balaban J connectivity index is 1.44. The molecule has 0 N–H and O–H groups in total. The molecule has 0 aromatic rings. The summed E-state index contributed by atoms with van der Waals surface area (Å²) in [6, 6.07) is 0. The largest absolute Gasteiger partial charge is 0.381 e. The van der Waals surface area contributed by atoms with Gasteiger partial charge in [-0.15, -0.1) is 0 Å². The molecule has 126 valence electrons. The zero-order valence-corrected chi connectivity index (χ0v) is 14.1. The lowest BCUT2D eigenvalue weighted by molar-refractivity contribution is -0.134. The Morgan fingerprint density at radius 1 is 0.955 bits per heavy atom. The highest BCUT2D eigenvalue weighted by atomic mass is 16.5. The van der Waals surface area contributed by atoms with Crippen LogP contribution in [0.2, 0.25) is 0 Å². The molecule has 0 unspecified atom stereocenters. The van der Waals surface area contributed by atoms with Crippen molar-refractivity contribution in [3.05, 3.63) is 0 Å². The molecule has 0 aromatic heterocycles. The highest BCUT2D eigenvalue weighted by Crippen LogP contribution is 2.28. The van der Waals surface area contributed by atoms with Gasteiger partial charge in [0.25, 0.3) is 0 Å². The lowest BCUT2D eigenvalue weighted by Gasteiger charge is -2.47. The maximum Gasteiger partial charge on any atom is 0.236 e. The summed E-state index contributed by atoms with van der Waals surface area (Å²) in [5, 5.41) is 0. The third-order valence-corrected chi connectivity index (χ3v) is 5.77. The molecule has 3 rings (SSSR count). The van der Waals surface area contributed by atoms with E-state index in [-0.39, 0.29) is 0 Å². The number of amides is 1. The lowest BCUT2D eigenvalue weighted by atomic mass is 9.89. The van der Waals surface area contributed by atoms with E-state index in [9.17, 15) is 4.79 Å². The van der Waals surface area contributed by atoms with Crippen LogP contribution in [0.25, 0.3) is 0 Å². The summed E-state index contributed by atoms with van der Waals surface area (Å²) >= 11 is 0. The summed E-state index contributed by atoms with van der Waals surface area (Å²) in [6.45, 7) is 10.9. The van der Waals surface area contributed by atoms with Gasteiger partial charge in [0.1, 0.15) is 0 Å². The SMILES string of the molecule is CC1(N2CCN(CC(=O)N3CCCCC3)CC2)CCOCC1. The molecule has 0 aliphatic carbocycles. The molecule has 3 heterocycles. The molecule has 5 heteroatoms. The second kappa shape index (κ2) is 7.28. The standard InChI is InChI=1S/C17H31N3O2/c1-17(5-13-22-14-6-17)20-11-9-18(10-12-20)15-16(21)19-7-3-2-4-8-19/h2-15H2,1H3. The minimum atomic E-state index is 0.307. The average molecular weight is 309 g/mol. The molecule has 0 aromatic carbocycles. The maximum absolute atomic E-state index is 12.4. The average Bonchev–Trinajstić information content (AvgIpc) is 2.57. The highest BCUT2D eigenvalue weighted by molar-refractivity contribution is 5.78. The first-order valence-electron chi connectivity index (χ1n) is 9.00. The third kappa shape index (κ3) is 3.81. The number of piperidine rings is 1. The van der Waals surface area contributed by atoms with Gasteiger partial charge in [0, 0.05) is 58.0 Å². The highest BCUT2D eigenvalue weighted by Gasteiger charge is 2.35. The molecule has 3 saturated heterocycles. The second-order valence-corrected chi connectivity index (χ2v) is 7.31. The van der Waals surface area contributed by atoms with E-state index in [4.69, 9.17) is 4.74 Å². The van der Waals surface area contributed by atoms with E-state index in [2.05, 4.69) is 21.6 Å². The van der Waals surface area contributed by atoms with Crippen molar-refractivity contribution in [2.45, 2.75) is 44.6 Å². The van der Waals surface area contributed by atoms with Crippen molar-refractivity contribution in [2.24, 2.45) is 0 Å². The van der Waals surface area contributed by atoms with Crippen LogP contribution in [0.15, 0.2) is 0 Å². The number of hydrogen-bond acceptors (Lipinski definition) is 4. The zero-order valence-electron chi connectivity index (χ0n) is 14.1. The lowest BCUT2D eigenvalue weighted by Crippen LogP contribution is -2.58. The predicted octanol–water partition coefficient (Wildman–Crippen LogP) is 1.19. The van der Waals surface area contributed by atoms with E-state index < -0.39 is 0 Å². The Hall–Kier alpha value is -0.650. The van der Waals surface area contributed by atoms with Crippen molar-refractivity contribution in [1.29, 1.82) is 0 Å². The first kappa shape index (κ1) is 16.2. The van der Waals surface area contributed by atoms with Crippen molar-refractivity contribution in [1.82, 2.24) is 14.7 Å². The Kier molecular flexibility index (Phi) is 5.37. The molecule has 3 aliphatic rings. The van der Waals surface area contributed by atoms with Crippen LogP contribution in [0, 0.1) is 0 Å². The van der Waals surface area contributed by atoms with Crippen LogP contribution in [0.5, 0.6) is 0 Å². The number of piperazine rings is 1. The van der Waals surface area contributed by atoms with Crippen LogP contribution in [-0.2, 0) is 9.53 Å². The fourth-order valence-corrected chi connectivity index (χ4v) is 4.01. The Labute approximate surface area is 134 Å². The third-order valence-electron chi connectivity index (χ3n) is 5.77. The summed E-state index contributed by atoms with van der Waals surface area (Å²) in [6.07, 6.45) is 5.92. The number of rotatable bonds is 3. The van der Waals surface area contributed by atoms with E-state index in [0.29, 0.717) is 18.0 Å². The molecular formula is C17H31N3O2. The maximum atomic E-state index is 12.4. The minimum Gasteiger partial charge on any atom is -0.381 e. The first-order chi connectivity index (χ1) is 10.7. The smallest absolute Gasteiger partial charge is 0.236 e. The van der Waals surface area contributed by atoms with Gasteiger partial charge in [-0.2, -0.15) is 0 Å². The molecule has 0 radical (unpaired) electrons. The molecule has 3 aliphatic heterocycles. The molecule has 0 atom stereocenters.